The van der Waals surface area contributed by atoms with E-state index in [-0.39, 0.29) is 24.9 Å². The first-order valence-corrected chi connectivity index (χ1v) is 9.58. The van der Waals surface area contributed by atoms with E-state index >= 15 is 0 Å². The zero-order valence-electron chi connectivity index (χ0n) is 14.9. The molecule has 1 aliphatic heterocycles. The lowest BCUT2D eigenvalue weighted by atomic mass is 10.3. The third kappa shape index (κ3) is 5.23. The van der Waals surface area contributed by atoms with Crippen molar-refractivity contribution in [3.05, 3.63) is 29.3 Å². The summed E-state index contributed by atoms with van der Waals surface area (Å²) in [6.45, 7) is 3.41. The van der Waals surface area contributed by atoms with Gasteiger partial charge in [-0.2, -0.15) is 0 Å². The summed E-state index contributed by atoms with van der Waals surface area (Å²) >= 11 is 1.65. The molecule has 3 rings (SSSR count). The van der Waals surface area contributed by atoms with Crippen LogP contribution in [0.2, 0.25) is 0 Å². The Morgan fingerprint density at radius 2 is 2.04 bits per heavy atom. The van der Waals surface area contributed by atoms with Crippen molar-refractivity contribution in [2.45, 2.75) is 6.42 Å². The number of hydrogen-bond acceptors (Lipinski definition) is 6. The molecule has 7 nitrogen and oxygen atoms in total. The number of para-hydroxylation sites is 1. The monoisotopic (exact) mass is 376 g/mol. The topological polar surface area (TPSA) is 74.8 Å². The van der Waals surface area contributed by atoms with Crippen LogP contribution in [0.4, 0.5) is 0 Å². The smallest absolute Gasteiger partial charge is 0.236 e. The zero-order chi connectivity index (χ0) is 18.4. The highest BCUT2D eigenvalue weighted by Gasteiger charge is 2.19. The second-order valence-corrected chi connectivity index (χ2v) is 7.46. The lowest BCUT2D eigenvalue weighted by Gasteiger charge is -2.28. The third-order valence-electron chi connectivity index (χ3n) is 4.18. The molecule has 8 heteroatoms. The molecule has 1 saturated heterocycles. The molecule has 140 valence electrons. The van der Waals surface area contributed by atoms with Crippen LogP contribution < -0.4 is 5.32 Å². The summed E-state index contributed by atoms with van der Waals surface area (Å²) in [5, 5.41) is 3.92. The maximum absolute atomic E-state index is 12.2. The predicted molar refractivity (Wildman–Crippen MR) is 101 cm³/mol. The van der Waals surface area contributed by atoms with Gasteiger partial charge in [-0.05, 0) is 19.2 Å². The van der Waals surface area contributed by atoms with E-state index in [1.165, 1.54) is 0 Å². The van der Waals surface area contributed by atoms with Crippen molar-refractivity contribution >= 4 is 33.4 Å². The number of amides is 2. The van der Waals surface area contributed by atoms with E-state index in [0.29, 0.717) is 39.3 Å². The number of fused-ring (bicyclic) bond motifs is 1. The second kappa shape index (κ2) is 9.07. The van der Waals surface area contributed by atoms with Gasteiger partial charge in [-0.3, -0.25) is 14.5 Å². The first kappa shape index (κ1) is 18.8. The van der Waals surface area contributed by atoms with Crippen LogP contribution in [-0.2, 0) is 20.7 Å². The number of morpholine rings is 1. The molecule has 0 saturated carbocycles. The summed E-state index contributed by atoms with van der Waals surface area (Å²) in [5.74, 6) is -0.0403. The maximum Gasteiger partial charge on any atom is 0.236 e. The van der Waals surface area contributed by atoms with Crippen LogP contribution >= 0.6 is 11.3 Å². The van der Waals surface area contributed by atoms with E-state index in [4.69, 9.17) is 4.74 Å². The lowest BCUT2D eigenvalue weighted by molar-refractivity contribution is -0.136. The standard InChI is InChI=1S/C18H24N4O3S/c1-21(13-18(24)22-8-10-25-11-9-22)12-16(23)19-7-6-17-20-14-4-2-3-5-15(14)26-17/h2-5H,6-13H2,1H3,(H,19,23). The summed E-state index contributed by atoms with van der Waals surface area (Å²) in [6, 6.07) is 8.02. The number of hydrogen-bond donors (Lipinski definition) is 1. The van der Waals surface area contributed by atoms with E-state index in [1.54, 1.807) is 28.2 Å². The SMILES string of the molecule is CN(CC(=O)NCCc1nc2ccccc2s1)CC(=O)N1CCOCC1. The molecule has 1 aromatic heterocycles. The Hall–Kier alpha value is -2.03. The van der Waals surface area contributed by atoms with Crippen molar-refractivity contribution in [3.63, 3.8) is 0 Å². The number of benzene rings is 1. The summed E-state index contributed by atoms with van der Waals surface area (Å²) in [6.07, 6.45) is 0.710. The molecule has 2 amide bonds. The van der Waals surface area contributed by atoms with Gasteiger partial charge in [0.05, 0.1) is 41.5 Å². The van der Waals surface area contributed by atoms with Gasteiger partial charge in [0.15, 0.2) is 0 Å². The fraction of sp³-hybridized carbons (Fsp3) is 0.500. The minimum atomic E-state index is -0.0802. The molecule has 1 fully saturated rings. The molecule has 2 aromatic rings. The quantitative estimate of drug-likeness (QED) is 0.772. The average molecular weight is 376 g/mol. The van der Waals surface area contributed by atoms with Gasteiger partial charge in [-0.15, -0.1) is 11.3 Å². The molecule has 2 heterocycles. The molecule has 0 spiro atoms. The van der Waals surface area contributed by atoms with Gasteiger partial charge < -0.3 is 15.0 Å². The van der Waals surface area contributed by atoms with Crippen molar-refractivity contribution in [1.82, 2.24) is 20.1 Å². The molecular weight excluding hydrogens is 352 g/mol. The molecule has 0 bridgehead atoms. The van der Waals surface area contributed by atoms with Crippen LogP contribution in [0.1, 0.15) is 5.01 Å². The van der Waals surface area contributed by atoms with Gasteiger partial charge in [0.1, 0.15) is 0 Å². The first-order valence-electron chi connectivity index (χ1n) is 8.77. The summed E-state index contributed by atoms with van der Waals surface area (Å²) in [7, 11) is 1.78. The fourth-order valence-electron chi connectivity index (χ4n) is 2.84. The molecule has 1 N–H and O–H groups in total. The number of carbonyl (C=O) groups excluding carboxylic acids is 2. The van der Waals surface area contributed by atoms with Gasteiger partial charge in [0.25, 0.3) is 0 Å². The Labute approximate surface area is 156 Å². The molecule has 1 aromatic carbocycles. The number of nitrogens with zero attached hydrogens (tertiary/aromatic N) is 3. The lowest BCUT2D eigenvalue weighted by Crippen LogP contribution is -2.46. The van der Waals surface area contributed by atoms with E-state index in [0.717, 1.165) is 15.2 Å². The summed E-state index contributed by atoms with van der Waals surface area (Å²) in [5.41, 5.74) is 1.00. The van der Waals surface area contributed by atoms with Crippen molar-refractivity contribution in [1.29, 1.82) is 0 Å². The number of ether oxygens (including phenoxy) is 1. The predicted octanol–water partition coefficient (Wildman–Crippen LogP) is 0.746. The second-order valence-electron chi connectivity index (χ2n) is 6.34. The maximum atomic E-state index is 12.2. The van der Waals surface area contributed by atoms with E-state index in [9.17, 15) is 9.59 Å². The van der Waals surface area contributed by atoms with E-state index in [2.05, 4.69) is 16.4 Å². The van der Waals surface area contributed by atoms with Crippen LogP contribution in [0.5, 0.6) is 0 Å². The molecule has 0 atom stereocenters. The van der Waals surface area contributed by atoms with Crippen molar-refractivity contribution in [3.8, 4) is 0 Å². The highest BCUT2D eigenvalue weighted by molar-refractivity contribution is 7.18. The molecule has 0 unspecified atom stereocenters. The first-order chi connectivity index (χ1) is 12.6. The normalized spacial score (nSPS) is 14.8. The number of thiazole rings is 1. The number of carbonyl (C=O) groups is 2. The van der Waals surface area contributed by atoms with Crippen LogP contribution in [0, 0.1) is 0 Å². The number of nitrogens with one attached hydrogen (secondary N) is 1. The van der Waals surface area contributed by atoms with Gasteiger partial charge in [0.2, 0.25) is 11.8 Å². The Bertz CT molecular complexity index is 725. The van der Waals surface area contributed by atoms with Crippen LogP contribution in [0.15, 0.2) is 24.3 Å². The Morgan fingerprint density at radius 3 is 2.81 bits per heavy atom. The van der Waals surface area contributed by atoms with Gasteiger partial charge in [-0.25, -0.2) is 4.98 Å². The zero-order valence-corrected chi connectivity index (χ0v) is 15.8. The fourth-order valence-corrected chi connectivity index (χ4v) is 3.80. The van der Waals surface area contributed by atoms with Crippen molar-refractivity contribution < 1.29 is 14.3 Å². The van der Waals surface area contributed by atoms with E-state index < -0.39 is 0 Å². The summed E-state index contributed by atoms with van der Waals surface area (Å²) < 4.78 is 6.41. The Balaban J connectivity index is 1.37. The Kier molecular flexibility index (Phi) is 6.54. The van der Waals surface area contributed by atoms with Crippen LogP contribution in [0.25, 0.3) is 10.2 Å². The van der Waals surface area contributed by atoms with Crippen LogP contribution in [0.3, 0.4) is 0 Å². The minimum Gasteiger partial charge on any atom is -0.378 e. The average Bonchev–Trinajstić information content (AvgIpc) is 3.05. The van der Waals surface area contributed by atoms with Crippen LogP contribution in [-0.4, -0.2) is 79.6 Å². The number of aromatic nitrogens is 1. The molecule has 0 aliphatic carbocycles. The Morgan fingerprint density at radius 1 is 1.27 bits per heavy atom. The van der Waals surface area contributed by atoms with Crippen molar-refractivity contribution in [2.75, 3.05) is 53.0 Å². The molecular formula is C18H24N4O3S. The molecule has 0 radical (unpaired) electrons. The van der Waals surface area contributed by atoms with Crippen molar-refractivity contribution in [2.24, 2.45) is 0 Å². The van der Waals surface area contributed by atoms with Gasteiger partial charge in [-0.1, -0.05) is 12.1 Å². The van der Waals surface area contributed by atoms with E-state index in [1.807, 2.05) is 18.2 Å². The van der Waals surface area contributed by atoms with Gasteiger partial charge >= 0.3 is 0 Å². The van der Waals surface area contributed by atoms with Gasteiger partial charge in [0, 0.05) is 26.1 Å². The third-order valence-corrected chi connectivity index (χ3v) is 5.28. The number of rotatable bonds is 7. The molecule has 26 heavy (non-hydrogen) atoms. The highest BCUT2D eigenvalue weighted by atomic mass is 32.1. The minimum absolute atomic E-state index is 0.0399. The number of likely N-dealkylation sites (N-methyl/N-ethyl adjacent to an activating group) is 1. The largest absolute Gasteiger partial charge is 0.378 e. The molecule has 1 aliphatic rings. The highest BCUT2D eigenvalue weighted by Crippen LogP contribution is 2.21. The summed E-state index contributed by atoms with van der Waals surface area (Å²) in [4.78, 5) is 32.3.